The van der Waals surface area contributed by atoms with Gasteiger partial charge in [0, 0.05) is 23.1 Å². The third-order valence-corrected chi connectivity index (χ3v) is 4.38. The van der Waals surface area contributed by atoms with Crippen LogP contribution in [0.25, 0.3) is 0 Å². The van der Waals surface area contributed by atoms with Gasteiger partial charge in [0.2, 0.25) is 0 Å². The minimum absolute atomic E-state index is 0.262. The molecule has 0 bridgehead atoms. The van der Waals surface area contributed by atoms with E-state index in [1.807, 2.05) is 18.2 Å². The molecule has 1 aromatic carbocycles. The lowest BCUT2D eigenvalue weighted by Crippen LogP contribution is -2.41. The summed E-state index contributed by atoms with van der Waals surface area (Å²) in [6, 6.07) is 5.86. The zero-order chi connectivity index (χ0) is 15.1. The van der Waals surface area contributed by atoms with Crippen molar-refractivity contribution in [2.75, 3.05) is 13.2 Å². The Morgan fingerprint density at radius 2 is 2.10 bits per heavy atom. The second-order valence-corrected chi connectivity index (χ2v) is 6.55. The van der Waals surface area contributed by atoms with Gasteiger partial charge in [-0.1, -0.05) is 41.1 Å². The van der Waals surface area contributed by atoms with Crippen molar-refractivity contribution in [2.24, 2.45) is 0 Å². The first-order valence-electron chi connectivity index (χ1n) is 7.41. The Labute approximate surface area is 135 Å². The number of ether oxygens (including phenoxy) is 1. The summed E-state index contributed by atoms with van der Waals surface area (Å²) >= 11 is 3.47. The van der Waals surface area contributed by atoms with E-state index in [0.29, 0.717) is 13.1 Å². The average molecular weight is 352 g/mol. The summed E-state index contributed by atoms with van der Waals surface area (Å²) in [7, 11) is 0. The smallest absolute Gasteiger partial charge is 0.148 e. The van der Waals surface area contributed by atoms with Crippen LogP contribution in [0.4, 0.5) is 0 Å². The lowest BCUT2D eigenvalue weighted by molar-refractivity contribution is 0.00463. The molecular weight excluding hydrogens is 330 g/mol. The SMILES string of the molecule is C#CCOc1ccc(Br)cc1CNCC1(O)CCCCC1. The van der Waals surface area contributed by atoms with E-state index in [-0.39, 0.29) is 6.61 Å². The van der Waals surface area contributed by atoms with Crippen molar-refractivity contribution in [1.29, 1.82) is 0 Å². The monoisotopic (exact) mass is 351 g/mol. The first-order chi connectivity index (χ1) is 10.1. The highest BCUT2D eigenvalue weighted by Crippen LogP contribution is 2.28. The highest BCUT2D eigenvalue weighted by molar-refractivity contribution is 9.10. The van der Waals surface area contributed by atoms with E-state index in [4.69, 9.17) is 11.2 Å². The molecule has 0 aliphatic heterocycles. The number of halogens is 1. The number of hydrogen-bond donors (Lipinski definition) is 2. The number of benzene rings is 1. The van der Waals surface area contributed by atoms with Gasteiger partial charge in [-0.05, 0) is 31.0 Å². The van der Waals surface area contributed by atoms with E-state index in [1.165, 1.54) is 6.42 Å². The van der Waals surface area contributed by atoms with Crippen LogP contribution < -0.4 is 10.1 Å². The summed E-state index contributed by atoms with van der Waals surface area (Å²) in [5, 5.41) is 13.8. The Kier molecular flexibility index (Phi) is 6.10. The molecule has 0 radical (unpaired) electrons. The molecule has 21 heavy (non-hydrogen) atoms. The highest BCUT2D eigenvalue weighted by Gasteiger charge is 2.28. The maximum atomic E-state index is 10.5. The van der Waals surface area contributed by atoms with Gasteiger partial charge >= 0.3 is 0 Å². The normalized spacial score (nSPS) is 17.2. The maximum Gasteiger partial charge on any atom is 0.148 e. The third kappa shape index (κ3) is 5.03. The van der Waals surface area contributed by atoms with E-state index in [1.54, 1.807) is 0 Å². The highest BCUT2D eigenvalue weighted by atomic mass is 79.9. The molecule has 0 atom stereocenters. The number of hydrogen-bond acceptors (Lipinski definition) is 3. The van der Waals surface area contributed by atoms with E-state index < -0.39 is 5.60 Å². The van der Waals surface area contributed by atoms with Gasteiger partial charge in [0.05, 0.1) is 5.60 Å². The van der Waals surface area contributed by atoms with Crippen molar-refractivity contribution in [2.45, 2.75) is 44.2 Å². The van der Waals surface area contributed by atoms with E-state index in [9.17, 15) is 5.11 Å². The summed E-state index contributed by atoms with van der Waals surface area (Å²) < 4.78 is 6.55. The lowest BCUT2D eigenvalue weighted by Gasteiger charge is -2.32. The van der Waals surface area contributed by atoms with Gasteiger partial charge in [-0.25, -0.2) is 0 Å². The Bertz CT molecular complexity index is 504. The van der Waals surface area contributed by atoms with Crippen LogP contribution in [0.5, 0.6) is 5.75 Å². The molecule has 0 heterocycles. The molecule has 1 aliphatic carbocycles. The van der Waals surface area contributed by atoms with E-state index in [2.05, 4.69) is 27.2 Å². The van der Waals surface area contributed by atoms with Crippen molar-refractivity contribution in [3.05, 3.63) is 28.2 Å². The zero-order valence-corrected chi connectivity index (χ0v) is 13.8. The van der Waals surface area contributed by atoms with Crippen LogP contribution in [0.15, 0.2) is 22.7 Å². The van der Waals surface area contributed by atoms with Gasteiger partial charge in [-0.15, -0.1) is 6.42 Å². The Balaban J connectivity index is 1.92. The van der Waals surface area contributed by atoms with Gasteiger partial charge in [0.1, 0.15) is 12.4 Å². The van der Waals surface area contributed by atoms with Crippen molar-refractivity contribution in [1.82, 2.24) is 5.32 Å². The largest absolute Gasteiger partial charge is 0.481 e. The first kappa shape index (κ1) is 16.4. The summed E-state index contributed by atoms with van der Waals surface area (Å²) in [6.45, 7) is 1.54. The van der Waals surface area contributed by atoms with Crippen LogP contribution in [-0.4, -0.2) is 23.9 Å². The summed E-state index contributed by atoms with van der Waals surface area (Å²) in [5.41, 5.74) is 0.489. The maximum absolute atomic E-state index is 10.5. The summed E-state index contributed by atoms with van der Waals surface area (Å²) in [6.07, 6.45) is 10.5. The number of nitrogens with one attached hydrogen (secondary N) is 1. The van der Waals surface area contributed by atoms with Crippen molar-refractivity contribution in [3.8, 4) is 18.1 Å². The van der Waals surface area contributed by atoms with Crippen LogP contribution in [0.2, 0.25) is 0 Å². The molecule has 1 aromatic rings. The molecule has 0 amide bonds. The van der Waals surface area contributed by atoms with Crippen LogP contribution in [0, 0.1) is 12.3 Å². The summed E-state index contributed by atoms with van der Waals surface area (Å²) in [4.78, 5) is 0. The Morgan fingerprint density at radius 1 is 1.33 bits per heavy atom. The molecule has 114 valence electrons. The van der Waals surface area contributed by atoms with Crippen molar-refractivity contribution < 1.29 is 9.84 Å². The first-order valence-corrected chi connectivity index (χ1v) is 8.20. The predicted molar refractivity (Wildman–Crippen MR) is 88.2 cm³/mol. The molecule has 2 rings (SSSR count). The lowest BCUT2D eigenvalue weighted by atomic mass is 9.85. The quantitative estimate of drug-likeness (QED) is 0.773. The minimum atomic E-state index is -0.551. The molecule has 1 aliphatic rings. The molecule has 4 heteroatoms. The Hall–Kier alpha value is -1.02. The molecule has 0 unspecified atom stereocenters. The van der Waals surface area contributed by atoms with E-state index >= 15 is 0 Å². The zero-order valence-electron chi connectivity index (χ0n) is 12.2. The van der Waals surface area contributed by atoms with E-state index in [0.717, 1.165) is 41.5 Å². The average Bonchev–Trinajstić information content (AvgIpc) is 2.47. The molecule has 1 saturated carbocycles. The molecule has 0 spiro atoms. The number of terminal acetylenes is 1. The molecule has 1 fully saturated rings. The standard InChI is InChI=1S/C17H22BrNO2/c1-2-10-21-16-7-6-15(18)11-14(16)12-19-13-17(20)8-4-3-5-9-17/h1,6-7,11,19-20H,3-5,8-10,12-13H2. The third-order valence-electron chi connectivity index (χ3n) is 3.89. The minimum Gasteiger partial charge on any atom is -0.481 e. The van der Waals surface area contributed by atoms with Gasteiger partial charge in [0.15, 0.2) is 0 Å². The molecule has 2 N–H and O–H groups in total. The van der Waals surface area contributed by atoms with Gasteiger partial charge < -0.3 is 15.2 Å². The fourth-order valence-electron chi connectivity index (χ4n) is 2.76. The molecule has 3 nitrogen and oxygen atoms in total. The predicted octanol–water partition coefficient (Wildman–Crippen LogP) is 3.25. The fraction of sp³-hybridized carbons (Fsp3) is 0.529. The number of rotatable bonds is 6. The van der Waals surface area contributed by atoms with Gasteiger partial charge in [-0.3, -0.25) is 0 Å². The topological polar surface area (TPSA) is 41.5 Å². The molecular formula is C17H22BrNO2. The van der Waals surface area contributed by atoms with Crippen LogP contribution in [-0.2, 0) is 6.54 Å². The van der Waals surface area contributed by atoms with Gasteiger partial charge in [0.25, 0.3) is 0 Å². The van der Waals surface area contributed by atoms with Crippen molar-refractivity contribution >= 4 is 15.9 Å². The summed E-state index contributed by atoms with van der Waals surface area (Å²) in [5.74, 6) is 3.27. The second-order valence-electron chi connectivity index (χ2n) is 5.63. The fourth-order valence-corrected chi connectivity index (χ4v) is 3.17. The van der Waals surface area contributed by atoms with Crippen LogP contribution in [0.1, 0.15) is 37.7 Å². The van der Waals surface area contributed by atoms with Crippen LogP contribution in [0.3, 0.4) is 0 Å². The molecule has 0 aromatic heterocycles. The van der Waals surface area contributed by atoms with Crippen molar-refractivity contribution in [3.63, 3.8) is 0 Å². The van der Waals surface area contributed by atoms with Gasteiger partial charge in [-0.2, -0.15) is 0 Å². The molecule has 0 saturated heterocycles. The number of aliphatic hydroxyl groups is 1. The van der Waals surface area contributed by atoms with Crippen LogP contribution >= 0.6 is 15.9 Å². The second kappa shape index (κ2) is 7.84. The Morgan fingerprint density at radius 3 is 2.81 bits per heavy atom.